The maximum atomic E-state index is 5.55. The highest BCUT2D eigenvalue weighted by Crippen LogP contribution is 2.12. The van der Waals surface area contributed by atoms with E-state index in [1.54, 1.807) is 19.5 Å². The van der Waals surface area contributed by atoms with E-state index < -0.39 is 0 Å². The van der Waals surface area contributed by atoms with Gasteiger partial charge in [-0.1, -0.05) is 12.2 Å². The molecule has 0 bridgehead atoms. The van der Waals surface area contributed by atoms with Crippen LogP contribution in [-0.2, 0) is 4.74 Å². The molecule has 0 fully saturated rings. The molecule has 82 valence electrons. The molecule has 0 spiro atoms. The minimum atomic E-state index is 0.252. The second kappa shape index (κ2) is 5.57. The van der Waals surface area contributed by atoms with Crippen molar-refractivity contribution in [3.8, 4) is 0 Å². The van der Waals surface area contributed by atoms with Crippen LogP contribution in [-0.4, -0.2) is 42.3 Å². The number of aromatic nitrogens is 2. The number of nitrogens with two attached hydrogens (primary N) is 1. The number of hydrogen-bond donors (Lipinski definition) is 1. The lowest BCUT2D eigenvalue weighted by atomic mass is 10.3. The summed E-state index contributed by atoms with van der Waals surface area (Å²) in [5, 5.41) is 0. The Balaban J connectivity index is 2.87. The molecular formula is C9H14N4OS. The zero-order valence-electron chi connectivity index (χ0n) is 8.80. The van der Waals surface area contributed by atoms with Crippen molar-refractivity contribution in [3.63, 3.8) is 0 Å². The van der Waals surface area contributed by atoms with Crippen molar-refractivity contribution in [1.82, 2.24) is 9.97 Å². The van der Waals surface area contributed by atoms with E-state index in [2.05, 4.69) is 9.97 Å². The summed E-state index contributed by atoms with van der Waals surface area (Å²) >= 11 is 4.90. The zero-order chi connectivity index (χ0) is 11.3. The van der Waals surface area contributed by atoms with Crippen LogP contribution in [0.4, 0.5) is 5.82 Å². The van der Waals surface area contributed by atoms with Crippen LogP contribution in [0.2, 0.25) is 0 Å². The number of thiocarbonyl (C=S) groups is 1. The first-order valence-electron chi connectivity index (χ1n) is 4.47. The maximum absolute atomic E-state index is 5.55. The second-order valence-electron chi connectivity index (χ2n) is 3.01. The van der Waals surface area contributed by atoms with E-state index in [-0.39, 0.29) is 4.99 Å². The molecule has 5 nitrogen and oxygen atoms in total. The molecule has 2 N–H and O–H groups in total. The fraction of sp³-hybridized carbons (Fsp3) is 0.444. The monoisotopic (exact) mass is 226 g/mol. The molecule has 15 heavy (non-hydrogen) atoms. The molecule has 1 aromatic rings. The summed E-state index contributed by atoms with van der Waals surface area (Å²) in [4.78, 5) is 10.4. The Morgan fingerprint density at radius 3 is 2.80 bits per heavy atom. The molecule has 0 radical (unpaired) electrons. The summed E-state index contributed by atoms with van der Waals surface area (Å²) in [5.41, 5.74) is 6.10. The summed E-state index contributed by atoms with van der Waals surface area (Å²) < 4.78 is 4.98. The van der Waals surface area contributed by atoms with Crippen LogP contribution in [0.25, 0.3) is 0 Å². The minimum absolute atomic E-state index is 0.252. The number of hydrogen-bond acceptors (Lipinski definition) is 5. The smallest absolute Gasteiger partial charge is 0.157 e. The Hall–Kier alpha value is -1.27. The standard InChI is InChI=1S/C9H14N4OS/c1-13(5-6-14-2)9-7(8(10)15)11-3-4-12-9/h3-4H,5-6H2,1-2H3,(H2,10,15). The van der Waals surface area contributed by atoms with Crippen LogP contribution in [0.3, 0.4) is 0 Å². The summed E-state index contributed by atoms with van der Waals surface area (Å²) in [7, 11) is 3.55. The van der Waals surface area contributed by atoms with Crippen LogP contribution in [0.1, 0.15) is 5.69 Å². The first-order chi connectivity index (χ1) is 7.16. The highest BCUT2D eigenvalue weighted by molar-refractivity contribution is 7.80. The van der Waals surface area contributed by atoms with E-state index in [4.69, 9.17) is 22.7 Å². The number of methoxy groups -OCH3 is 1. The van der Waals surface area contributed by atoms with Gasteiger partial charge in [0.15, 0.2) is 5.82 Å². The van der Waals surface area contributed by atoms with E-state index in [9.17, 15) is 0 Å². The van der Waals surface area contributed by atoms with Gasteiger partial charge in [0.2, 0.25) is 0 Å². The Labute approximate surface area is 94.3 Å². The summed E-state index contributed by atoms with van der Waals surface area (Å²) in [6.45, 7) is 1.33. The predicted octanol–water partition coefficient (Wildman–Crippen LogP) is 0.193. The van der Waals surface area contributed by atoms with E-state index in [0.29, 0.717) is 24.7 Å². The summed E-state index contributed by atoms with van der Waals surface area (Å²) in [5.74, 6) is 0.682. The first-order valence-corrected chi connectivity index (χ1v) is 4.88. The van der Waals surface area contributed by atoms with Gasteiger partial charge < -0.3 is 15.4 Å². The molecule has 0 aliphatic heterocycles. The van der Waals surface area contributed by atoms with E-state index in [0.717, 1.165) is 0 Å². The number of likely N-dealkylation sites (N-methyl/N-ethyl adjacent to an activating group) is 1. The molecule has 0 aromatic carbocycles. The van der Waals surface area contributed by atoms with Gasteiger partial charge >= 0.3 is 0 Å². The van der Waals surface area contributed by atoms with Gasteiger partial charge in [-0.05, 0) is 0 Å². The number of anilines is 1. The summed E-state index contributed by atoms with van der Waals surface area (Å²) in [6, 6.07) is 0. The van der Waals surface area contributed by atoms with E-state index in [1.807, 2.05) is 11.9 Å². The normalized spacial score (nSPS) is 10.0. The topological polar surface area (TPSA) is 64.3 Å². The Bertz CT molecular complexity index is 345. The number of rotatable bonds is 5. The summed E-state index contributed by atoms with van der Waals surface area (Å²) in [6.07, 6.45) is 3.18. The van der Waals surface area contributed by atoms with Crippen LogP contribution < -0.4 is 10.6 Å². The predicted molar refractivity (Wildman–Crippen MR) is 63.1 cm³/mol. The average Bonchev–Trinajstić information content (AvgIpc) is 2.25. The fourth-order valence-corrected chi connectivity index (χ4v) is 1.26. The molecule has 0 unspecified atom stereocenters. The SMILES string of the molecule is COCCN(C)c1nccnc1C(N)=S. The van der Waals surface area contributed by atoms with E-state index in [1.165, 1.54) is 0 Å². The lowest BCUT2D eigenvalue weighted by Crippen LogP contribution is -2.27. The molecule has 0 amide bonds. The highest BCUT2D eigenvalue weighted by atomic mass is 32.1. The van der Waals surface area contributed by atoms with Crippen molar-refractivity contribution in [2.45, 2.75) is 0 Å². The Kier molecular flexibility index (Phi) is 4.38. The van der Waals surface area contributed by atoms with Gasteiger partial charge in [-0.15, -0.1) is 0 Å². The van der Waals surface area contributed by atoms with Gasteiger partial charge in [0.25, 0.3) is 0 Å². The third kappa shape index (κ3) is 3.10. The second-order valence-corrected chi connectivity index (χ2v) is 3.45. The number of ether oxygens (including phenoxy) is 1. The molecule has 1 rings (SSSR count). The van der Waals surface area contributed by atoms with Crippen molar-refractivity contribution < 1.29 is 4.74 Å². The molecule has 0 saturated carbocycles. The Morgan fingerprint density at radius 1 is 1.53 bits per heavy atom. The van der Waals surface area contributed by atoms with Crippen LogP contribution in [0, 0.1) is 0 Å². The van der Waals surface area contributed by atoms with Crippen molar-refractivity contribution in [2.75, 3.05) is 32.2 Å². The third-order valence-corrected chi connectivity index (χ3v) is 2.10. The van der Waals surface area contributed by atoms with Crippen molar-refractivity contribution in [2.24, 2.45) is 5.73 Å². The molecule has 6 heteroatoms. The van der Waals surface area contributed by atoms with Gasteiger partial charge in [0, 0.05) is 33.1 Å². The van der Waals surface area contributed by atoms with Crippen LogP contribution >= 0.6 is 12.2 Å². The van der Waals surface area contributed by atoms with Crippen LogP contribution in [0.5, 0.6) is 0 Å². The van der Waals surface area contributed by atoms with Gasteiger partial charge in [-0.3, -0.25) is 0 Å². The quantitative estimate of drug-likeness (QED) is 0.723. The zero-order valence-corrected chi connectivity index (χ0v) is 9.62. The molecule has 0 atom stereocenters. The maximum Gasteiger partial charge on any atom is 0.157 e. The van der Waals surface area contributed by atoms with Gasteiger partial charge in [0.1, 0.15) is 10.7 Å². The van der Waals surface area contributed by atoms with Crippen molar-refractivity contribution in [1.29, 1.82) is 0 Å². The average molecular weight is 226 g/mol. The Morgan fingerprint density at radius 2 is 2.20 bits per heavy atom. The lowest BCUT2D eigenvalue weighted by Gasteiger charge is -2.19. The molecule has 1 heterocycles. The molecule has 0 saturated heterocycles. The fourth-order valence-electron chi connectivity index (χ4n) is 1.12. The number of nitrogens with zero attached hydrogens (tertiary/aromatic N) is 3. The van der Waals surface area contributed by atoms with Gasteiger partial charge in [-0.2, -0.15) is 0 Å². The molecular weight excluding hydrogens is 212 g/mol. The van der Waals surface area contributed by atoms with Gasteiger partial charge in [0.05, 0.1) is 6.61 Å². The largest absolute Gasteiger partial charge is 0.388 e. The highest BCUT2D eigenvalue weighted by Gasteiger charge is 2.11. The van der Waals surface area contributed by atoms with Crippen molar-refractivity contribution >= 4 is 23.0 Å². The van der Waals surface area contributed by atoms with Crippen LogP contribution in [0.15, 0.2) is 12.4 Å². The third-order valence-electron chi connectivity index (χ3n) is 1.90. The van der Waals surface area contributed by atoms with Gasteiger partial charge in [-0.25, -0.2) is 9.97 Å². The van der Waals surface area contributed by atoms with Crippen molar-refractivity contribution in [3.05, 3.63) is 18.1 Å². The molecule has 1 aromatic heterocycles. The minimum Gasteiger partial charge on any atom is -0.388 e. The lowest BCUT2D eigenvalue weighted by molar-refractivity contribution is 0.206. The van der Waals surface area contributed by atoms with E-state index >= 15 is 0 Å². The molecule has 0 aliphatic rings. The first kappa shape index (κ1) is 11.8. The molecule has 0 aliphatic carbocycles.